The first-order chi connectivity index (χ1) is 6.24. The standard InChI is InChI=1S/C12H22O/c1-5-7-8-12(6-2)9-11(3)10-13-4/h5-6,11-12H,1-2,7-10H2,3-4H3. The zero-order valence-corrected chi connectivity index (χ0v) is 8.96. The molecule has 0 saturated heterocycles. The molecule has 2 unspecified atom stereocenters. The van der Waals surface area contributed by atoms with Crippen molar-refractivity contribution >= 4 is 0 Å². The molecule has 0 saturated carbocycles. The largest absolute Gasteiger partial charge is 0.384 e. The van der Waals surface area contributed by atoms with Crippen LogP contribution in [0.15, 0.2) is 25.3 Å². The van der Waals surface area contributed by atoms with Crippen LogP contribution in [0.2, 0.25) is 0 Å². The predicted octanol–water partition coefficient (Wildman–Crippen LogP) is 3.43. The van der Waals surface area contributed by atoms with Crippen LogP contribution < -0.4 is 0 Å². The van der Waals surface area contributed by atoms with Crippen molar-refractivity contribution in [3.63, 3.8) is 0 Å². The molecule has 0 rings (SSSR count). The van der Waals surface area contributed by atoms with Crippen LogP contribution >= 0.6 is 0 Å². The first kappa shape index (κ1) is 12.4. The summed E-state index contributed by atoms with van der Waals surface area (Å²) >= 11 is 0. The summed E-state index contributed by atoms with van der Waals surface area (Å²) in [5, 5.41) is 0. The Kier molecular flexibility index (Phi) is 7.71. The Morgan fingerprint density at radius 1 is 1.38 bits per heavy atom. The van der Waals surface area contributed by atoms with Crippen molar-refractivity contribution in [1.29, 1.82) is 0 Å². The lowest BCUT2D eigenvalue weighted by atomic mass is 9.92. The van der Waals surface area contributed by atoms with Crippen LogP contribution in [0.25, 0.3) is 0 Å². The lowest BCUT2D eigenvalue weighted by Crippen LogP contribution is -2.09. The highest BCUT2D eigenvalue weighted by molar-refractivity contribution is 4.82. The number of allylic oxidation sites excluding steroid dienone is 2. The van der Waals surface area contributed by atoms with E-state index < -0.39 is 0 Å². The number of methoxy groups -OCH3 is 1. The Hall–Kier alpha value is -0.560. The first-order valence-corrected chi connectivity index (χ1v) is 4.97. The maximum atomic E-state index is 5.10. The van der Waals surface area contributed by atoms with Crippen molar-refractivity contribution in [3.05, 3.63) is 25.3 Å². The molecule has 2 atom stereocenters. The molecule has 0 N–H and O–H groups in total. The molecule has 1 nitrogen and oxygen atoms in total. The summed E-state index contributed by atoms with van der Waals surface area (Å²) in [5.74, 6) is 1.24. The van der Waals surface area contributed by atoms with Crippen molar-refractivity contribution in [3.8, 4) is 0 Å². The highest BCUT2D eigenvalue weighted by atomic mass is 16.5. The van der Waals surface area contributed by atoms with E-state index in [9.17, 15) is 0 Å². The van der Waals surface area contributed by atoms with Gasteiger partial charge in [-0.05, 0) is 31.1 Å². The van der Waals surface area contributed by atoms with Crippen LogP contribution in [-0.2, 0) is 4.74 Å². The van der Waals surface area contributed by atoms with E-state index >= 15 is 0 Å². The van der Waals surface area contributed by atoms with E-state index in [-0.39, 0.29) is 0 Å². The molecule has 0 heterocycles. The van der Waals surface area contributed by atoms with Gasteiger partial charge in [-0.3, -0.25) is 0 Å². The minimum atomic E-state index is 0.614. The smallest absolute Gasteiger partial charge is 0.0488 e. The SMILES string of the molecule is C=CCCC(C=C)CC(C)COC. The van der Waals surface area contributed by atoms with Crippen molar-refractivity contribution in [1.82, 2.24) is 0 Å². The predicted molar refractivity (Wildman–Crippen MR) is 58.8 cm³/mol. The Balaban J connectivity index is 3.68. The lowest BCUT2D eigenvalue weighted by molar-refractivity contribution is 0.149. The van der Waals surface area contributed by atoms with Crippen LogP contribution in [0.3, 0.4) is 0 Å². The van der Waals surface area contributed by atoms with Crippen molar-refractivity contribution < 1.29 is 4.74 Å². The van der Waals surface area contributed by atoms with Gasteiger partial charge < -0.3 is 4.74 Å². The zero-order chi connectivity index (χ0) is 10.1. The van der Waals surface area contributed by atoms with E-state index in [2.05, 4.69) is 26.2 Å². The van der Waals surface area contributed by atoms with Crippen LogP contribution in [0, 0.1) is 11.8 Å². The summed E-state index contributed by atoms with van der Waals surface area (Å²) in [6.45, 7) is 10.6. The molecule has 0 aromatic rings. The van der Waals surface area contributed by atoms with Crippen LogP contribution in [0.4, 0.5) is 0 Å². The van der Waals surface area contributed by atoms with Gasteiger partial charge in [0.2, 0.25) is 0 Å². The fourth-order valence-corrected chi connectivity index (χ4v) is 1.53. The minimum absolute atomic E-state index is 0.614. The summed E-state index contributed by atoms with van der Waals surface area (Å²) < 4.78 is 5.10. The second kappa shape index (κ2) is 8.06. The summed E-state index contributed by atoms with van der Waals surface area (Å²) in [7, 11) is 1.75. The molecule has 0 spiro atoms. The number of rotatable bonds is 8. The van der Waals surface area contributed by atoms with Gasteiger partial charge >= 0.3 is 0 Å². The molecule has 0 fully saturated rings. The fraction of sp³-hybridized carbons (Fsp3) is 0.667. The van der Waals surface area contributed by atoms with Gasteiger partial charge in [0.05, 0.1) is 0 Å². The number of hydrogen-bond donors (Lipinski definition) is 0. The second-order valence-corrected chi connectivity index (χ2v) is 3.66. The average molecular weight is 182 g/mol. The molecule has 0 aromatic heterocycles. The summed E-state index contributed by atoms with van der Waals surface area (Å²) in [5.41, 5.74) is 0. The van der Waals surface area contributed by atoms with Gasteiger partial charge in [0.25, 0.3) is 0 Å². The third kappa shape index (κ3) is 6.59. The van der Waals surface area contributed by atoms with Crippen molar-refractivity contribution in [2.45, 2.75) is 26.2 Å². The average Bonchev–Trinajstić information content (AvgIpc) is 2.12. The fourth-order valence-electron chi connectivity index (χ4n) is 1.53. The highest BCUT2D eigenvalue weighted by Crippen LogP contribution is 2.18. The van der Waals surface area contributed by atoms with Gasteiger partial charge in [0, 0.05) is 13.7 Å². The normalized spacial score (nSPS) is 14.9. The molecule has 0 aliphatic rings. The van der Waals surface area contributed by atoms with Gasteiger partial charge in [-0.15, -0.1) is 13.2 Å². The van der Waals surface area contributed by atoms with Crippen molar-refractivity contribution in [2.24, 2.45) is 11.8 Å². The zero-order valence-electron chi connectivity index (χ0n) is 8.96. The van der Waals surface area contributed by atoms with Crippen LogP contribution in [-0.4, -0.2) is 13.7 Å². The molecular formula is C12H22O. The Bertz CT molecular complexity index is 140. The highest BCUT2D eigenvalue weighted by Gasteiger charge is 2.08. The summed E-state index contributed by atoms with van der Waals surface area (Å²) in [6, 6.07) is 0. The van der Waals surface area contributed by atoms with Crippen LogP contribution in [0.1, 0.15) is 26.2 Å². The van der Waals surface area contributed by atoms with E-state index in [1.165, 1.54) is 12.8 Å². The summed E-state index contributed by atoms with van der Waals surface area (Å²) in [6.07, 6.45) is 7.44. The van der Waals surface area contributed by atoms with Crippen LogP contribution in [0.5, 0.6) is 0 Å². The molecule has 0 radical (unpaired) electrons. The lowest BCUT2D eigenvalue weighted by Gasteiger charge is -2.16. The van der Waals surface area contributed by atoms with E-state index in [1.54, 1.807) is 7.11 Å². The molecule has 0 aliphatic carbocycles. The Morgan fingerprint density at radius 3 is 2.54 bits per heavy atom. The molecule has 0 aromatic carbocycles. The topological polar surface area (TPSA) is 9.23 Å². The molecule has 0 bridgehead atoms. The third-order valence-corrected chi connectivity index (χ3v) is 2.23. The molecule has 0 aliphatic heterocycles. The molecule has 13 heavy (non-hydrogen) atoms. The third-order valence-electron chi connectivity index (χ3n) is 2.23. The summed E-state index contributed by atoms with van der Waals surface area (Å²) in [4.78, 5) is 0. The van der Waals surface area contributed by atoms with Gasteiger partial charge in [-0.25, -0.2) is 0 Å². The van der Waals surface area contributed by atoms with E-state index in [0.717, 1.165) is 13.0 Å². The molecule has 0 amide bonds. The Labute approximate surface area is 82.5 Å². The van der Waals surface area contributed by atoms with Crippen molar-refractivity contribution in [2.75, 3.05) is 13.7 Å². The number of ether oxygens (including phenoxy) is 1. The van der Waals surface area contributed by atoms with E-state index in [0.29, 0.717) is 11.8 Å². The van der Waals surface area contributed by atoms with E-state index in [1.807, 2.05) is 6.08 Å². The number of hydrogen-bond acceptors (Lipinski definition) is 1. The van der Waals surface area contributed by atoms with Gasteiger partial charge in [-0.1, -0.05) is 19.1 Å². The minimum Gasteiger partial charge on any atom is -0.384 e. The first-order valence-electron chi connectivity index (χ1n) is 4.97. The maximum Gasteiger partial charge on any atom is 0.0488 e. The Morgan fingerprint density at radius 2 is 2.08 bits per heavy atom. The molecular weight excluding hydrogens is 160 g/mol. The second-order valence-electron chi connectivity index (χ2n) is 3.66. The maximum absolute atomic E-state index is 5.10. The quantitative estimate of drug-likeness (QED) is 0.523. The van der Waals surface area contributed by atoms with Gasteiger partial charge in [-0.2, -0.15) is 0 Å². The monoisotopic (exact) mass is 182 g/mol. The molecule has 1 heteroatoms. The van der Waals surface area contributed by atoms with Gasteiger partial charge in [0.1, 0.15) is 0 Å². The van der Waals surface area contributed by atoms with E-state index in [4.69, 9.17) is 4.74 Å². The molecule has 76 valence electrons. The van der Waals surface area contributed by atoms with Gasteiger partial charge in [0.15, 0.2) is 0 Å².